The molecular weight excluding hydrogens is 210 g/mol. The summed E-state index contributed by atoms with van der Waals surface area (Å²) in [6.07, 6.45) is 9.84. The lowest BCUT2D eigenvalue weighted by atomic mass is 9.97. The normalized spacial score (nSPS) is 17.1. The van der Waals surface area contributed by atoms with E-state index in [9.17, 15) is 0 Å². The van der Waals surface area contributed by atoms with Gasteiger partial charge in [-0.3, -0.25) is 4.99 Å². The van der Waals surface area contributed by atoms with Gasteiger partial charge in [-0.2, -0.15) is 0 Å². The average molecular weight is 237 g/mol. The number of guanidine groups is 1. The van der Waals surface area contributed by atoms with E-state index in [-0.39, 0.29) is 0 Å². The van der Waals surface area contributed by atoms with Crippen molar-refractivity contribution in [3.63, 3.8) is 0 Å². The molecule has 0 aromatic rings. The second-order valence-corrected chi connectivity index (χ2v) is 5.23. The van der Waals surface area contributed by atoms with E-state index in [0.29, 0.717) is 11.9 Å². The molecule has 0 aliphatic heterocycles. The maximum absolute atomic E-state index is 5.79. The molecule has 0 spiro atoms. The highest BCUT2D eigenvalue weighted by molar-refractivity contribution is 5.77. The molecule has 3 heteroatoms. The summed E-state index contributed by atoms with van der Waals surface area (Å²) in [7, 11) is 0. The largest absolute Gasteiger partial charge is 0.370 e. The molecule has 0 heterocycles. The molecule has 0 aromatic heterocycles. The molecule has 0 saturated heterocycles. The fourth-order valence-electron chi connectivity index (χ4n) is 1.98. The molecule has 0 fully saturated rings. The molecule has 0 saturated carbocycles. The third kappa shape index (κ3) is 7.03. The van der Waals surface area contributed by atoms with Crippen LogP contribution in [0.3, 0.4) is 0 Å². The first-order valence-corrected chi connectivity index (χ1v) is 6.90. The van der Waals surface area contributed by atoms with Gasteiger partial charge in [-0.25, -0.2) is 0 Å². The van der Waals surface area contributed by atoms with E-state index in [0.717, 1.165) is 25.9 Å². The molecular formula is C14H27N3. The van der Waals surface area contributed by atoms with Crippen LogP contribution in [-0.4, -0.2) is 19.0 Å². The standard InChI is InChI=1S/C14H27N3/c1-12(2)8-10-16-14(15)17-11-9-13-6-4-3-5-7-13/h6,12H,3-5,7-11H2,1-2H3,(H3,15,16,17). The Hall–Kier alpha value is -0.990. The van der Waals surface area contributed by atoms with Gasteiger partial charge in [0.05, 0.1) is 0 Å². The molecule has 3 N–H and O–H groups in total. The molecule has 0 aromatic carbocycles. The van der Waals surface area contributed by atoms with Crippen LogP contribution in [0.4, 0.5) is 0 Å². The number of nitrogens with two attached hydrogens (primary N) is 1. The maximum Gasteiger partial charge on any atom is 0.188 e. The van der Waals surface area contributed by atoms with E-state index in [2.05, 4.69) is 30.2 Å². The van der Waals surface area contributed by atoms with Crippen LogP contribution in [-0.2, 0) is 0 Å². The van der Waals surface area contributed by atoms with Crippen molar-refractivity contribution in [3.8, 4) is 0 Å². The quantitative estimate of drug-likeness (QED) is 0.424. The smallest absolute Gasteiger partial charge is 0.188 e. The van der Waals surface area contributed by atoms with Gasteiger partial charge in [0.15, 0.2) is 5.96 Å². The second kappa shape index (κ2) is 8.15. The Balaban J connectivity index is 2.10. The third-order valence-electron chi connectivity index (χ3n) is 3.13. The van der Waals surface area contributed by atoms with Crippen LogP contribution in [0.15, 0.2) is 16.6 Å². The molecule has 0 unspecified atom stereocenters. The van der Waals surface area contributed by atoms with E-state index < -0.39 is 0 Å². The van der Waals surface area contributed by atoms with Crippen molar-refractivity contribution in [1.29, 1.82) is 0 Å². The Kier molecular flexibility index (Phi) is 6.75. The topological polar surface area (TPSA) is 50.4 Å². The highest BCUT2D eigenvalue weighted by atomic mass is 15.1. The van der Waals surface area contributed by atoms with Gasteiger partial charge in [-0.1, -0.05) is 25.5 Å². The minimum atomic E-state index is 0.599. The van der Waals surface area contributed by atoms with Gasteiger partial charge in [-0.15, -0.1) is 0 Å². The van der Waals surface area contributed by atoms with Crippen molar-refractivity contribution in [2.24, 2.45) is 16.6 Å². The number of hydrogen-bond acceptors (Lipinski definition) is 1. The minimum Gasteiger partial charge on any atom is -0.370 e. The van der Waals surface area contributed by atoms with Crippen LogP contribution < -0.4 is 11.1 Å². The lowest BCUT2D eigenvalue weighted by Gasteiger charge is -2.13. The monoisotopic (exact) mass is 237 g/mol. The number of nitrogens with zero attached hydrogens (tertiary/aromatic N) is 1. The Bertz CT molecular complexity index is 267. The summed E-state index contributed by atoms with van der Waals surface area (Å²) >= 11 is 0. The zero-order valence-electron chi connectivity index (χ0n) is 11.3. The maximum atomic E-state index is 5.79. The Labute approximate surface area is 106 Å². The Morgan fingerprint density at radius 2 is 2.29 bits per heavy atom. The zero-order chi connectivity index (χ0) is 12.5. The molecule has 0 amide bonds. The van der Waals surface area contributed by atoms with Crippen LogP contribution in [0.25, 0.3) is 0 Å². The lowest BCUT2D eigenvalue weighted by Crippen LogP contribution is -2.32. The van der Waals surface area contributed by atoms with Gasteiger partial charge in [-0.05, 0) is 44.4 Å². The molecule has 0 radical (unpaired) electrons. The van der Waals surface area contributed by atoms with Crippen LogP contribution in [0, 0.1) is 5.92 Å². The molecule has 1 aliphatic carbocycles. The van der Waals surface area contributed by atoms with Crippen molar-refractivity contribution in [1.82, 2.24) is 5.32 Å². The molecule has 0 atom stereocenters. The van der Waals surface area contributed by atoms with Crippen molar-refractivity contribution in [2.45, 2.75) is 52.4 Å². The van der Waals surface area contributed by atoms with E-state index in [4.69, 9.17) is 5.73 Å². The third-order valence-corrected chi connectivity index (χ3v) is 3.13. The average Bonchev–Trinajstić information content (AvgIpc) is 2.30. The summed E-state index contributed by atoms with van der Waals surface area (Å²) in [6, 6.07) is 0. The predicted molar refractivity (Wildman–Crippen MR) is 75.1 cm³/mol. The zero-order valence-corrected chi connectivity index (χ0v) is 11.3. The van der Waals surface area contributed by atoms with Gasteiger partial charge in [0.1, 0.15) is 0 Å². The summed E-state index contributed by atoms with van der Waals surface area (Å²) in [5, 5.41) is 3.19. The van der Waals surface area contributed by atoms with Crippen LogP contribution in [0.1, 0.15) is 52.4 Å². The van der Waals surface area contributed by atoms with Gasteiger partial charge in [0.25, 0.3) is 0 Å². The second-order valence-electron chi connectivity index (χ2n) is 5.23. The molecule has 98 valence electrons. The first-order chi connectivity index (χ1) is 8.18. The predicted octanol–water partition coefficient (Wildman–Crippen LogP) is 2.83. The highest BCUT2D eigenvalue weighted by Gasteiger charge is 2.03. The molecule has 3 nitrogen and oxygen atoms in total. The van der Waals surface area contributed by atoms with Crippen LogP contribution in [0.2, 0.25) is 0 Å². The summed E-state index contributed by atoms with van der Waals surface area (Å²) in [6.45, 7) is 6.16. The number of hydrogen-bond donors (Lipinski definition) is 2. The molecule has 0 bridgehead atoms. The summed E-state index contributed by atoms with van der Waals surface area (Å²) in [5.74, 6) is 1.29. The van der Waals surface area contributed by atoms with Gasteiger partial charge >= 0.3 is 0 Å². The van der Waals surface area contributed by atoms with E-state index in [1.807, 2.05) is 0 Å². The Morgan fingerprint density at radius 1 is 1.47 bits per heavy atom. The lowest BCUT2D eigenvalue weighted by molar-refractivity contribution is 0.595. The number of aliphatic imine (C=N–C) groups is 1. The van der Waals surface area contributed by atoms with Crippen molar-refractivity contribution in [3.05, 3.63) is 11.6 Å². The number of rotatable bonds is 6. The summed E-state index contributed by atoms with van der Waals surface area (Å²) in [5.41, 5.74) is 7.38. The summed E-state index contributed by atoms with van der Waals surface area (Å²) in [4.78, 5) is 4.31. The van der Waals surface area contributed by atoms with E-state index >= 15 is 0 Å². The summed E-state index contributed by atoms with van der Waals surface area (Å²) < 4.78 is 0. The van der Waals surface area contributed by atoms with E-state index in [1.54, 1.807) is 5.57 Å². The molecule has 17 heavy (non-hydrogen) atoms. The molecule has 1 aliphatic rings. The SMILES string of the molecule is CC(C)CCN=C(N)NCCC1=CCCCC1. The first kappa shape index (κ1) is 14.1. The van der Waals surface area contributed by atoms with Gasteiger partial charge in [0.2, 0.25) is 0 Å². The fourth-order valence-corrected chi connectivity index (χ4v) is 1.98. The fraction of sp³-hybridized carbons (Fsp3) is 0.786. The number of nitrogens with one attached hydrogen (secondary N) is 1. The first-order valence-electron chi connectivity index (χ1n) is 6.90. The van der Waals surface area contributed by atoms with Crippen LogP contribution in [0.5, 0.6) is 0 Å². The molecule has 1 rings (SSSR count). The Morgan fingerprint density at radius 3 is 2.94 bits per heavy atom. The van der Waals surface area contributed by atoms with Gasteiger partial charge < -0.3 is 11.1 Å². The van der Waals surface area contributed by atoms with E-state index in [1.165, 1.54) is 25.7 Å². The number of allylic oxidation sites excluding steroid dienone is 1. The van der Waals surface area contributed by atoms with Crippen molar-refractivity contribution >= 4 is 5.96 Å². The van der Waals surface area contributed by atoms with Crippen LogP contribution >= 0.6 is 0 Å². The van der Waals surface area contributed by atoms with Crippen molar-refractivity contribution < 1.29 is 0 Å². The van der Waals surface area contributed by atoms with Crippen molar-refractivity contribution in [2.75, 3.05) is 13.1 Å². The minimum absolute atomic E-state index is 0.599. The van der Waals surface area contributed by atoms with Gasteiger partial charge in [0, 0.05) is 13.1 Å². The highest BCUT2D eigenvalue weighted by Crippen LogP contribution is 2.19.